The van der Waals surface area contributed by atoms with Gasteiger partial charge in [-0.15, -0.1) is 26.3 Å². The highest BCUT2D eigenvalue weighted by molar-refractivity contribution is 6.80. The Hall–Kier alpha value is -5.61. The molecule has 11 nitrogen and oxygen atoms in total. The molecule has 2 heterocycles. The van der Waals surface area contributed by atoms with Crippen molar-refractivity contribution in [2.24, 2.45) is 0 Å². The highest BCUT2D eigenvalue weighted by Gasteiger charge is 2.41. The fourth-order valence-corrected chi connectivity index (χ4v) is 16.6. The van der Waals surface area contributed by atoms with Crippen LogP contribution in [-0.2, 0) is 25.8 Å². The van der Waals surface area contributed by atoms with Crippen LogP contribution in [0.2, 0.25) is 25.2 Å². The Morgan fingerprint density at radius 3 is 1.25 bits per heavy atom. The van der Waals surface area contributed by atoms with Gasteiger partial charge in [-0.05, 0) is 123 Å². The average molecular weight is 1120 g/mol. The molecule has 6 aromatic rings. The Labute approximate surface area is 448 Å². The van der Waals surface area contributed by atoms with Crippen molar-refractivity contribution in [3.8, 4) is 45.3 Å². The first-order valence-corrected chi connectivity index (χ1v) is 31.8. The maximum Gasteiger partial charge on any atom is 0.573 e. The number of halogens is 6. The topological polar surface area (TPSA) is 125 Å². The van der Waals surface area contributed by atoms with E-state index in [4.69, 9.17) is 31.3 Å². The molecule has 0 aliphatic carbocycles. The third-order valence-electron chi connectivity index (χ3n) is 13.6. The summed E-state index contributed by atoms with van der Waals surface area (Å²) in [7, 11) is -1.69. The van der Waals surface area contributed by atoms with Gasteiger partial charge in [0, 0.05) is 48.3 Å². The van der Waals surface area contributed by atoms with Gasteiger partial charge in [0.05, 0.1) is 24.3 Å². The average Bonchev–Trinajstić information content (AvgIpc) is 3.39. The molecule has 0 aliphatic rings. The van der Waals surface area contributed by atoms with Crippen LogP contribution >= 0.6 is 0 Å². The lowest BCUT2D eigenvalue weighted by Gasteiger charge is -2.35. The standard InChI is InChI=1S/C58H72F6O11Si2/c1-7-9-15-21-41-23-29-47(53(35-41)73-57(59,60)61)49-37-43-25-27-45(39-51(43)71-55(49)65)69-31-17-11-13-19-33-76(5,67-3)75-77(6,68-4)34-20-14-12-18-32-70-46-28-26-44-38-50(56(66)72-52(44)40-46)48-30-24-42(22-16-10-8-2)36-54(48)74-58(62,63)64/h23-30,35-40H,7-22,31-34H2,1-6H3. The van der Waals surface area contributed by atoms with Crippen LogP contribution in [-0.4, -0.2) is 57.3 Å². The molecule has 77 heavy (non-hydrogen) atoms. The van der Waals surface area contributed by atoms with Gasteiger partial charge in [0.1, 0.15) is 34.2 Å². The van der Waals surface area contributed by atoms with E-state index in [2.05, 4.69) is 22.6 Å². The molecule has 2 unspecified atom stereocenters. The first kappa shape index (κ1) is 60.6. The number of benzene rings is 4. The maximum absolute atomic E-state index is 13.4. The van der Waals surface area contributed by atoms with Crippen LogP contribution < -0.4 is 30.2 Å². The normalized spacial score (nSPS) is 13.7. The molecule has 4 aromatic carbocycles. The van der Waals surface area contributed by atoms with E-state index < -0.39 is 52.6 Å². The predicted molar refractivity (Wildman–Crippen MR) is 292 cm³/mol. The number of hydrogen-bond donors (Lipinski definition) is 0. The highest BCUT2D eigenvalue weighted by atomic mass is 28.5. The summed E-state index contributed by atoms with van der Waals surface area (Å²) in [6.45, 7) is 9.12. The van der Waals surface area contributed by atoms with Crippen molar-refractivity contribution in [2.45, 2.75) is 154 Å². The highest BCUT2D eigenvalue weighted by Crippen LogP contribution is 2.38. The molecule has 0 fully saturated rings. The van der Waals surface area contributed by atoms with Gasteiger partial charge in [-0.3, -0.25) is 0 Å². The van der Waals surface area contributed by atoms with Crippen molar-refractivity contribution in [3.63, 3.8) is 0 Å². The monoisotopic (exact) mass is 1110 g/mol. The minimum absolute atomic E-state index is 0.00238. The van der Waals surface area contributed by atoms with Crippen molar-refractivity contribution in [3.05, 3.63) is 117 Å². The second kappa shape index (κ2) is 28.3. The van der Waals surface area contributed by atoms with E-state index in [0.29, 0.717) is 59.5 Å². The lowest BCUT2D eigenvalue weighted by molar-refractivity contribution is -0.275. The summed E-state index contributed by atoms with van der Waals surface area (Å²) >= 11 is 0. The molecule has 0 spiro atoms. The number of hydrogen-bond acceptors (Lipinski definition) is 11. The Kier molecular flexibility index (Phi) is 22.3. The Morgan fingerprint density at radius 2 is 0.870 bits per heavy atom. The molecule has 2 atom stereocenters. The van der Waals surface area contributed by atoms with Gasteiger partial charge in [-0.25, -0.2) is 9.59 Å². The Morgan fingerprint density at radius 1 is 0.468 bits per heavy atom. The molecule has 0 saturated heterocycles. The summed E-state index contributed by atoms with van der Waals surface area (Å²) in [6.07, 6.45) is 3.88. The molecule has 6 rings (SSSR count). The molecule has 2 aromatic heterocycles. The number of fused-ring (bicyclic) bond motifs is 2. The fraction of sp³-hybridized carbons (Fsp3) is 0.483. The van der Waals surface area contributed by atoms with Crippen LogP contribution in [0.4, 0.5) is 26.3 Å². The third kappa shape index (κ3) is 18.8. The molecule has 0 radical (unpaired) electrons. The predicted octanol–water partition coefficient (Wildman–Crippen LogP) is 16.5. The van der Waals surface area contributed by atoms with Crippen LogP contribution in [0.5, 0.6) is 23.0 Å². The van der Waals surface area contributed by atoms with Crippen molar-refractivity contribution in [1.29, 1.82) is 0 Å². The zero-order chi connectivity index (χ0) is 55.6. The summed E-state index contributed by atoms with van der Waals surface area (Å²) in [5.41, 5.74) is 0.253. The molecular formula is C58H72F6O11Si2. The van der Waals surface area contributed by atoms with Crippen LogP contribution in [0.1, 0.15) is 115 Å². The number of ether oxygens (including phenoxy) is 4. The molecule has 0 amide bonds. The first-order valence-electron chi connectivity index (χ1n) is 26.7. The number of aryl methyl sites for hydroxylation is 2. The smallest absolute Gasteiger partial charge is 0.493 e. The van der Waals surface area contributed by atoms with E-state index >= 15 is 0 Å². The molecule has 0 aliphatic heterocycles. The summed E-state index contributed by atoms with van der Waals surface area (Å²) in [4.78, 5) is 26.3. The summed E-state index contributed by atoms with van der Waals surface area (Å²) in [5.74, 6) is 0.129. The second-order valence-electron chi connectivity index (χ2n) is 19.8. The summed E-state index contributed by atoms with van der Waals surface area (Å²) in [5, 5.41) is 1.05. The van der Waals surface area contributed by atoms with Gasteiger partial charge in [-0.2, -0.15) is 0 Å². The zero-order valence-electron chi connectivity index (χ0n) is 45.0. The Bertz CT molecular complexity index is 2760. The first-order chi connectivity index (χ1) is 36.7. The van der Waals surface area contributed by atoms with Gasteiger partial charge < -0.3 is 40.7 Å². The molecular weight excluding hydrogens is 1040 g/mol. The number of alkyl halides is 6. The fourth-order valence-electron chi connectivity index (χ4n) is 9.23. The molecule has 19 heteroatoms. The van der Waals surface area contributed by atoms with Gasteiger partial charge in [-0.1, -0.05) is 102 Å². The van der Waals surface area contributed by atoms with Crippen LogP contribution in [0, 0.1) is 0 Å². The van der Waals surface area contributed by atoms with Gasteiger partial charge in [0.15, 0.2) is 0 Å². The SMILES string of the molecule is CCCCCc1ccc(-c2cc3ccc(OCCCCCC[Si](C)(OC)O[Si](C)(CCCCCCOc4ccc5cc(-c6ccc(CCCCC)cc6OC(F)(F)F)c(=O)oc5c4)OC)cc3oc2=O)c(OC(F)(F)F)c1. The number of rotatable bonds is 32. The molecule has 0 N–H and O–H groups in total. The van der Waals surface area contributed by atoms with Crippen LogP contribution in [0.15, 0.2) is 103 Å². The van der Waals surface area contributed by atoms with E-state index in [1.165, 1.54) is 36.4 Å². The van der Waals surface area contributed by atoms with Crippen LogP contribution in [0.3, 0.4) is 0 Å². The molecule has 0 saturated carbocycles. The van der Waals surface area contributed by atoms with E-state index in [0.717, 1.165) is 102 Å². The Balaban J connectivity index is 0.902. The molecule has 420 valence electrons. The maximum atomic E-state index is 13.4. The van der Waals surface area contributed by atoms with E-state index in [-0.39, 0.29) is 33.4 Å². The van der Waals surface area contributed by atoms with Crippen LogP contribution in [0.25, 0.3) is 44.2 Å². The summed E-state index contributed by atoms with van der Waals surface area (Å²) < 4.78 is 131. The van der Waals surface area contributed by atoms with Crippen molar-refractivity contribution >= 4 is 39.1 Å². The number of unbranched alkanes of at least 4 members (excludes halogenated alkanes) is 10. The third-order valence-corrected chi connectivity index (χ3v) is 21.3. The minimum atomic E-state index is -4.94. The largest absolute Gasteiger partial charge is 0.573 e. The lowest BCUT2D eigenvalue weighted by Crippen LogP contribution is -2.51. The lowest BCUT2D eigenvalue weighted by atomic mass is 10.00. The van der Waals surface area contributed by atoms with E-state index in [1.807, 2.05) is 13.8 Å². The van der Waals surface area contributed by atoms with Gasteiger partial charge in [0.2, 0.25) is 0 Å². The van der Waals surface area contributed by atoms with Crippen molar-refractivity contribution in [1.82, 2.24) is 0 Å². The van der Waals surface area contributed by atoms with Crippen molar-refractivity contribution in [2.75, 3.05) is 27.4 Å². The second-order valence-corrected chi connectivity index (χ2v) is 26.9. The zero-order valence-corrected chi connectivity index (χ0v) is 47.0. The summed E-state index contributed by atoms with van der Waals surface area (Å²) in [6, 6.07) is 23.8. The minimum Gasteiger partial charge on any atom is -0.493 e. The van der Waals surface area contributed by atoms with Gasteiger partial charge in [0.25, 0.3) is 0 Å². The molecule has 0 bridgehead atoms. The van der Waals surface area contributed by atoms with E-state index in [1.54, 1.807) is 62.8 Å². The van der Waals surface area contributed by atoms with Gasteiger partial charge >= 0.3 is 41.1 Å². The van der Waals surface area contributed by atoms with Crippen molar-refractivity contribution < 1.29 is 67.1 Å². The van der Waals surface area contributed by atoms with E-state index in [9.17, 15) is 35.9 Å². The quantitative estimate of drug-likeness (QED) is 0.0173.